The van der Waals surface area contributed by atoms with Crippen LogP contribution in [0, 0.1) is 41.4 Å². The monoisotopic (exact) mass is 1560 g/mol. The Bertz CT molecular complexity index is 3030. The van der Waals surface area contributed by atoms with Crippen molar-refractivity contribution >= 4 is 120 Å². The van der Waals surface area contributed by atoms with Crippen molar-refractivity contribution in [2.75, 3.05) is 18.1 Å². The fourth-order valence-electron chi connectivity index (χ4n) is 11.5. The molecule has 1 aliphatic rings. The van der Waals surface area contributed by atoms with Gasteiger partial charge in [0.05, 0.1) is 12.1 Å². The molecular weight excluding hydrogens is 1430 g/mol. The van der Waals surface area contributed by atoms with Crippen LogP contribution in [0.25, 0.3) is 0 Å². The zero-order chi connectivity index (χ0) is 82.2. The maximum Gasteiger partial charge on any atom is 0.326 e. The van der Waals surface area contributed by atoms with Gasteiger partial charge >= 0.3 is 11.9 Å². The third-order valence-electron chi connectivity index (χ3n) is 17.6. The summed E-state index contributed by atoms with van der Waals surface area (Å²) in [4.78, 5) is 219. The lowest BCUT2D eigenvalue weighted by Crippen LogP contribution is -2.62. The molecule has 0 aliphatic carbocycles. The smallest absolute Gasteiger partial charge is 0.326 e. The Kier molecular flexibility index (Phi) is 43.4. The standard InChI is InChI=1S/C71H125N15O19S2/c1-19-39(14)55(68(101)82-51(71(104)105)30-38(12)13)84-64(97)48(27-35(6)7)77-58(91)41(16)73-57(90)40(15)74-61(94)45(22-23-54(88)89)76-62(95)47(26-34(4)5)80-69(102)56(43(18)87)85-65(98)49(28-36(8)9)78-59(92)42(17)75-66(99)52(32-107)83-63(96)46(25-33(2)3)79-67(100)53-21-20-24-86(53)70(103)50(29-37(10)11)81-60(93)44(72)31-106/h33-53,55-56,87,106-107H,19-32,72H2,1-18H3,(H,73,90)(H,74,94)(H,75,99)(H,76,95)(H,77,91)(H,78,92)(H,79,100)(H,80,102)(H,81,93)(H,82,101)(H,83,96)(H,84,97)(H,85,98)(H,88,89)(H,104,105)/t39-,40-,41-,42-,43+,44-,45-,46-,47-,48-,49-,50-,51-,52-,53-,55-,56-/m0/s1. The van der Waals surface area contributed by atoms with E-state index < -0.39 is 210 Å². The predicted molar refractivity (Wildman–Crippen MR) is 405 cm³/mol. The first-order valence-corrected chi connectivity index (χ1v) is 38.3. The van der Waals surface area contributed by atoms with Crippen molar-refractivity contribution in [3.05, 3.63) is 0 Å². The summed E-state index contributed by atoms with van der Waals surface area (Å²) in [7, 11) is 0. The Morgan fingerprint density at radius 2 is 0.720 bits per heavy atom. The van der Waals surface area contributed by atoms with E-state index in [1.807, 2.05) is 13.8 Å². The summed E-state index contributed by atoms with van der Waals surface area (Å²) >= 11 is 8.37. The average molecular weight is 1560 g/mol. The Labute approximate surface area is 640 Å². The maximum absolute atomic E-state index is 14.2. The van der Waals surface area contributed by atoms with E-state index in [2.05, 4.69) is 94.4 Å². The number of carboxylic acids is 2. The number of hydrogen-bond donors (Lipinski definition) is 19. The molecule has 0 unspecified atom stereocenters. The highest BCUT2D eigenvalue weighted by molar-refractivity contribution is 7.80. The van der Waals surface area contributed by atoms with Gasteiger partial charge in [0.1, 0.15) is 84.6 Å². The van der Waals surface area contributed by atoms with Gasteiger partial charge in [-0.3, -0.25) is 71.9 Å². The predicted octanol–water partition coefficient (Wildman–Crippen LogP) is -0.821. The summed E-state index contributed by atoms with van der Waals surface area (Å²) in [6.07, 6.45) is -1.34. The molecule has 0 spiro atoms. The molecule has 18 N–H and O–H groups in total. The Morgan fingerprint density at radius 1 is 0.393 bits per heavy atom. The molecule has 0 saturated carbocycles. The van der Waals surface area contributed by atoms with E-state index in [0.717, 1.165) is 6.92 Å². The van der Waals surface area contributed by atoms with Crippen molar-refractivity contribution in [1.82, 2.24) is 74.0 Å². The summed E-state index contributed by atoms with van der Waals surface area (Å²) in [6, 6.07) is -19.8. The van der Waals surface area contributed by atoms with E-state index in [4.69, 9.17) is 5.73 Å². The van der Waals surface area contributed by atoms with E-state index >= 15 is 0 Å². The second-order valence-electron chi connectivity index (χ2n) is 30.5. The Morgan fingerprint density at radius 3 is 1.12 bits per heavy atom. The van der Waals surface area contributed by atoms with Crippen LogP contribution in [-0.4, -0.2) is 230 Å². The lowest BCUT2D eigenvalue weighted by molar-refractivity contribution is -0.143. The number of carbonyl (C=O) groups excluding carboxylic acids is 14. The number of aliphatic hydroxyl groups excluding tert-OH is 1. The lowest BCUT2D eigenvalue weighted by Gasteiger charge is -2.31. The molecule has 1 fully saturated rings. The van der Waals surface area contributed by atoms with Crippen molar-refractivity contribution in [3.63, 3.8) is 0 Å². The number of aliphatic carboxylic acids is 2. The zero-order valence-electron chi connectivity index (χ0n) is 65.5. The lowest BCUT2D eigenvalue weighted by atomic mass is 9.95. The van der Waals surface area contributed by atoms with Gasteiger partial charge in [0, 0.05) is 24.5 Å². The summed E-state index contributed by atoms with van der Waals surface area (Å²) in [5.41, 5.74) is 5.88. The van der Waals surface area contributed by atoms with Crippen LogP contribution in [0.5, 0.6) is 0 Å². The van der Waals surface area contributed by atoms with E-state index in [1.54, 1.807) is 83.1 Å². The fraction of sp³-hybridized carbons (Fsp3) is 0.775. The van der Waals surface area contributed by atoms with Gasteiger partial charge in [0.25, 0.3) is 0 Å². The number of nitrogens with two attached hydrogens (primary N) is 1. The number of amides is 14. The van der Waals surface area contributed by atoms with Crippen molar-refractivity contribution in [1.29, 1.82) is 0 Å². The van der Waals surface area contributed by atoms with Crippen molar-refractivity contribution < 1.29 is 92.0 Å². The van der Waals surface area contributed by atoms with Gasteiger partial charge in [-0.05, 0) is 127 Å². The summed E-state index contributed by atoms with van der Waals surface area (Å²) in [6.45, 7) is 30.0. The second kappa shape index (κ2) is 47.8. The fourth-order valence-corrected chi connectivity index (χ4v) is 11.9. The number of thiol groups is 2. The first-order chi connectivity index (χ1) is 49.7. The summed E-state index contributed by atoms with van der Waals surface area (Å²) in [5, 5.41) is 63.5. The number of hydrogen-bond acceptors (Lipinski definition) is 20. The average Bonchev–Trinajstić information content (AvgIpc) is 1.71. The van der Waals surface area contributed by atoms with Crippen LogP contribution in [0.4, 0.5) is 0 Å². The number of carbonyl (C=O) groups is 16. The summed E-state index contributed by atoms with van der Waals surface area (Å²) in [5.74, 6) is -16.1. The number of nitrogens with zero attached hydrogens (tertiary/aromatic N) is 1. The number of nitrogens with one attached hydrogen (secondary N) is 13. The molecule has 34 nitrogen and oxygen atoms in total. The minimum atomic E-state index is -1.80. The van der Waals surface area contributed by atoms with E-state index in [0.29, 0.717) is 12.8 Å². The molecule has 107 heavy (non-hydrogen) atoms. The molecule has 0 aromatic heterocycles. The number of likely N-dealkylation sites (tertiary alicyclic amines) is 1. The minimum absolute atomic E-state index is 0.0271. The van der Waals surface area contributed by atoms with Crippen molar-refractivity contribution in [2.24, 2.45) is 47.2 Å². The van der Waals surface area contributed by atoms with Gasteiger partial charge in [-0.25, -0.2) is 4.79 Å². The van der Waals surface area contributed by atoms with Crippen molar-refractivity contribution in [2.45, 2.75) is 292 Å². The highest BCUT2D eigenvalue weighted by atomic mass is 32.1. The first kappa shape index (κ1) is 97.2. The van der Waals surface area contributed by atoms with Gasteiger partial charge in [0.15, 0.2) is 0 Å². The van der Waals surface area contributed by atoms with Gasteiger partial charge in [-0.1, -0.05) is 103 Å². The molecule has 0 bridgehead atoms. The van der Waals surface area contributed by atoms with E-state index in [9.17, 15) is 92.0 Å². The molecular formula is C71H125N15O19S2. The van der Waals surface area contributed by atoms with Crippen LogP contribution in [0.3, 0.4) is 0 Å². The number of aliphatic hydroxyl groups is 1. The molecule has 610 valence electrons. The van der Waals surface area contributed by atoms with Gasteiger partial charge in [-0.2, -0.15) is 25.3 Å². The number of rotatable bonds is 48. The maximum atomic E-state index is 14.2. The van der Waals surface area contributed by atoms with Crippen LogP contribution in [0.1, 0.15) is 195 Å². The molecule has 0 aromatic rings. The van der Waals surface area contributed by atoms with Crippen LogP contribution in [0.2, 0.25) is 0 Å². The Balaban J connectivity index is 3.31. The molecule has 1 aliphatic heterocycles. The highest BCUT2D eigenvalue weighted by Gasteiger charge is 2.42. The molecule has 0 aromatic carbocycles. The van der Waals surface area contributed by atoms with Gasteiger partial charge < -0.3 is 95.1 Å². The third kappa shape index (κ3) is 34.9. The molecule has 0 radical (unpaired) electrons. The molecule has 1 heterocycles. The highest BCUT2D eigenvalue weighted by Crippen LogP contribution is 2.22. The second-order valence-corrected chi connectivity index (χ2v) is 31.2. The van der Waals surface area contributed by atoms with E-state index in [-0.39, 0.29) is 98.5 Å². The minimum Gasteiger partial charge on any atom is -0.481 e. The first-order valence-electron chi connectivity index (χ1n) is 37.1. The van der Waals surface area contributed by atoms with Gasteiger partial charge in [-0.15, -0.1) is 0 Å². The van der Waals surface area contributed by atoms with Crippen LogP contribution in [0.15, 0.2) is 0 Å². The van der Waals surface area contributed by atoms with Crippen LogP contribution < -0.4 is 74.9 Å². The molecule has 36 heteroatoms. The number of carboxylic acid groups (broad SMARTS) is 2. The molecule has 17 atom stereocenters. The molecule has 1 rings (SSSR count). The largest absolute Gasteiger partial charge is 0.481 e. The zero-order valence-corrected chi connectivity index (χ0v) is 67.3. The third-order valence-corrected chi connectivity index (χ3v) is 18.3. The Hall–Kier alpha value is -7.86. The SMILES string of the molecule is CC[C@H](C)[C@H](NC(=O)[C@H](CC(C)C)NC(=O)[C@H](C)NC(=O)[C@H](C)NC(=O)[C@H](CCC(=O)O)NC(=O)[C@H](CC(C)C)NC(=O)[C@@H](NC(=O)[C@H](CC(C)C)NC(=O)[C@H](C)NC(=O)[C@H](CS)NC(=O)[C@H](CC(C)C)NC(=O)[C@@H]1CCCN1C(=O)[C@H](CC(C)C)NC(=O)[C@@H](N)CS)[C@@H](C)O)C(=O)N[C@@H](CC(C)C)C(=O)O. The molecule has 1 saturated heterocycles. The van der Waals surface area contributed by atoms with Crippen molar-refractivity contribution in [3.8, 4) is 0 Å². The van der Waals surface area contributed by atoms with Crippen LogP contribution in [-0.2, 0) is 76.7 Å². The van der Waals surface area contributed by atoms with E-state index in [1.165, 1.54) is 25.7 Å². The quantitative estimate of drug-likeness (QED) is 0.0331. The summed E-state index contributed by atoms with van der Waals surface area (Å²) < 4.78 is 0. The van der Waals surface area contributed by atoms with Gasteiger partial charge in [0.2, 0.25) is 82.7 Å². The topological polar surface area (TPSA) is 519 Å². The molecule has 14 amide bonds. The van der Waals surface area contributed by atoms with Crippen LogP contribution >= 0.6 is 25.3 Å². The normalized spacial score (nSPS) is 17.5.